The third-order valence-corrected chi connectivity index (χ3v) is 7.29. The number of carbonyl (C=O) groups is 2. The van der Waals surface area contributed by atoms with Crippen LogP contribution in [0.5, 0.6) is 5.75 Å². The first kappa shape index (κ1) is 24.1. The van der Waals surface area contributed by atoms with E-state index in [4.69, 9.17) is 4.74 Å². The van der Waals surface area contributed by atoms with Gasteiger partial charge in [0.05, 0.1) is 23.2 Å². The summed E-state index contributed by atoms with van der Waals surface area (Å²) >= 11 is 3.38. The quantitative estimate of drug-likeness (QED) is 0.246. The molecule has 8 heteroatoms. The Balaban J connectivity index is 1.64. The van der Waals surface area contributed by atoms with Gasteiger partial charge in [-0.1, -0.05) is 18.2 Å². The first-order valence-corrected chi connectivity index (χ1v) is 12.4. The molecule has 36 heavy (non-hydrogen) atoms. The number of methoxy groups -OCH3 is 1. The molecule has 2 aliphatic rings. The number of amides is 1. The topological polar surface area (TPSA) is 70.1 Å². The van der Waals surface area contributed by atoms with E-state index in [1.807, 2.05) is 12.1 Å². The highest BCUT2D eigenvalue weighted by atomic mass is 79.9. The average molecular weight is 551 g/mol. The minimum Gasteiger partial charge on any atom is -0.507 e. The van der Waals surface area contributed by atoms with E-state index in [1.54, 1.807) is 36.4 Å². The highest BCUT2D eigenvalue weighted by Crippen LogP contribution is 2.43. The number of anilines is 2. The second-order valence-corrected chi connectivity index (χ2v) is 9.60. The van der Waals surface area contributed by atoms with Crippen LogP contribution >= 0.6 is 15.9 Å². The van der Waals surface area contributed by atoms with E-state index in [0.717, 1.165) is 31.6 Å². The lowest BCUT2D eigenvalue weighted by Crippen LogP contribution is -2.30. The number of carbonyl (C=O) groups excluding carboxylic acids is 2. The summed E-state index contributed by atoms with van der Waals surface area (Å²) in [4.78, 5) is 30.2. The number of Topliss-reactive ketones (excluding diaryl/α,β-unsaturated/α-hetero) is 1. The molecule has 1 atom stereocenters. The molecule has 0 aromatic heterocycles. The van der Waals surface area contributed by atoms with E-state index in [2.05, 4.69) is 20.8 Å². The zero-order valence-corrected chi connectivity index (χ0v) is 21.2. The summed E-state index contributed by atoms with van der Waals surface area (Å²) in [6, 6.07) is 17.0. The summed E-state index contributed by atoms with van der Waals surface area (Å²) in [6.45, 7) is 1.94. The maximum absolute atomic E-state index is 15.1. The van der Waals surface area contributed by atoms with Crippen molar-refractivity contribution in [3.63, 3.8) is 0 Å². The molecule has 2 aliphatic heterocycles. The Bertz CT molecular complexity index is 1370. The smallest absolute Gasteiger partial charge is 0.300 e. The van der Waals surface area contributed by atoms with Gasteiger partial charge in [-0.25, -0.2) is 4.39 Å². The number of rotatable bonds is 5. The Morgan fingerprint density at radius 1 is 1.00 bits per heavy atom. The zero-order valence-electron chi connectivity index (χ0n) is 19.6. The Hall–Kier alpha value is -3.65. The predicted octanol–water partition coefficient (Wildman–Crippen LogP) is 5.82. The highest BCUT2D eigenvalue weighted by molar-refractivity contribution is 9.10. The Morgan fingerprint density at radius 2 is 1.67 bits per heavy atom. The first-order valence-electron chi connectivity index (χ1n) is 11.6. The second-order valence-electron chi connectivity index (χ2n) is 8.75. The summed E-state index contributed by atoms with van der Waals surface area (Å²) in [6.07, 6.45) is 2.26. The molecular formula is C28H24BrFN2O4. The summed E-state index contributed by atoms with van der Waals surface area (Å²) in [5, 5.41) is 11.3. The molecule has 6 nitrogen and oxygen atoms in total. The number of ether oxygens (including phenoxy) is 1. The molecule has 0 bridgehead atoms. The van der Waals surface area contributed by atoms with Crippen LogP contribution in [0.1, 0.15) is 30.0 Å². The van der Waals surface area contributed by atoms with Crippen LogP contribution in [-0.2, 0) is 9.59 Å². The van der Waals surface area contributed by atoms with Gasteiger partial charge in [0.2, 0.25) is 0 Å². The first-order chi connectivity index (χ1) is 17.4. The zero-order chi connectivity index (χ0) is 25.4. The maximum Gasteiger partial charge on any atom is 0.300 e. The van der Waals surface area contributed by atoms with Crippen LogP contribution in [0, 0.1) is 5.82 Å². The molecule has 3 aromatic rings. The van der Waals surface area contributed by atoms with Crippen LogP contribution in [0.3, 0.4) is 0 Å². The van der Waals surface area contributed by atoms with E-state index in [1.165, 1.54) is 30.2 Å². The van der Waals surface area contributed by atoms with Crippen molar-refractivity contribution in [3.05, 3.63) is 93.7 Å². The molecule has 2 fully saturated rings. The molecule has 5 rings (SSSR count). The molecule has 0 radical (unpaired) electrons. The van der Waals surface area contributed by atoms with Gasteiger partial charge < -0.3 is 14.7 Å². The number of hydrogen-bond donors (Lipinski definition) is 1. The minimum atomic E-state index is -1.13. The number of aliphatic hydroxyl groups is 1. The van der Waals surface area contributed by atoms with Crippen molar-refractivity contribution in [1.82, 2.24) is 0 Å². The highest BCUT2D eigenvalue weighted by Gasteiger charge is 2.47. The SMILES string of the molecule is COc1ccc(/C(O)=C2\C(=O)C(=O)N(c3ccc(N4CCCC4)cc3)C2c2ccccc2F)cc1Br. The Morgan fingerprint density at radius 3 is 2.31 bits per heavy atom. The number of hydrogen-bond acceptors (Lipinski definition) is 5. The third kappa shape index (κ3) is 4.15. The average Bonchev–Trinajstić information content (AvgIpc) is 3.51. The van der Waals surface area contributed by atoms with E-state index in [-0.39, 0.29) is 16.9 Å². The Labute approximate surface area is 216 Å². The number of halogens is 2. The molecule has 1 unspecified atom stereocenters. The standard InChI is InChI=1S/C28H24BrFN2O4/c1-36-23-13-8-17(16-21(23)29)26(33)24-25(20-6-2-3-7-22(20)30)32(28(35)27(24)34)19-11-9-18(10-12-19)31-14-4-5-15-31/h2-3,6-13,16,25,33H,4-5,14-15H2,1H3/b26-24+. The molecule has 0 spiro atoms. The second kappa shape index (κ2) is 9.78. The largest absolute Gasteiger partial charge is 0.507 e. The maximum atomic E-state index is 15.1. The van der Waals surface area contributed by atoms with Crippen LogP contribution < -0.4 is 14.5 Å². The third-order valence-electron chi connectivity index (χ3n) is 6.67. The molecule has 2 saturated heterocycles. The summed E-state index contributed by atoms with van der Waals surface area (Å²) in [5.41, 5.74) is 1.72. The van der Waals surface area contributed by atoms with Crippen molar-refractivity contribution >= 4 is 44.8 Å². The Kier molecular flexibility index (Phi) is 6.53. The molecule has 0 saturated carbocycles. The van der Waals surface area contributed by atoms with Gasteiger partial charge >= 0.3 is 0 Å². The normalized spacial score (nSPS) is 19.2. The molecular weight excluding hydrogens is 527 g/mol. The van der Waals surface area contributed by atoms with Crippen LogP contribution in [0.25, 0.3) is 5.76 Å². The molecule has 0 aliphatic carbocycles. The van der Waals surface area contributed by atoms with Gasteiger partial charge in [-0.3, -0.25) is 14.5 Å². The van der Waals surface area contributed by atoms with Gasteiger partial charge in [-0.05, 0) is 77.3 Å². The van der Waals surface area contributed by atoms with Gasteiger partial charge in [-0.15, -0.1) is 0 Å². The molecule has 3 aromatic carbocycles. The number of benzene rings is 3. The number of nitrogens with zero attached hydrogens (tertiary/aromatic N) is 2. The van der Waals surface area contributed by atoms with Gasteiger partial charge in [0, 0.05) is 35.6 Å². The van der Waals surface area contributed by atoms with Crippen LogP contribution in [0.2, 0.25) is 0 Å². The monoisotopic (exact) mass is 550 g/mol. The number of ketones is 1. The van der Waals surface area contributed by atoms with Crippen LogP contribution in [0.15, 0.2) is 76.8 Å². The van der Waals surface area contributed by atoms with Crippen molar-refractivity contribution in [2.24, 2.45) is 0 Å². The van der Waals surface area contributed by atoms with E-state index >= 15 is 4.39 Å². The molecule has 2 heterocycles. The fourth-order valence-corrected chi connectivity index (χ4v) is 5.40. The fourth-order valence-electron chi connectivity index (χ4n) is 4.86. The predicted molar refractivity (Wildman–Crippen MR) is 140 cm³/mol. The van der Waals surface area contributed by atoms with Crippen molar-refractivity contribution < 1.29 is 23.8 Å². The lowest BCUT2D eigenvalue weighted by molar-refractivity contribution is -0.132. The van der Waals surface area contributed by atoms with Crippen LogP contribution in [-0.4, -0.2) is 37.0 Å². The lowest BCUT2D eigenvalue weighted by Gasteiger charge is -2.26. The van der Waals surface area contributed by atoms with Crippen molar-refractivity contribution in [1.29, 1.82) is 0 Å². The van der Waals surface area contributed by atoms with Crippen molar-refractivity contribution in [2.75, 3.05) is 30.0 Å². The molecule has 184 valence electrons. The number of aliphatic hydroxyl groups excluding tert-OH is 1. The summed E-state index contributed by atoms with van der Waals surface area (Å²) in [7, 11) is 1.51. The summed E-state index contributed by atoms with van der Waals surface area (Å²) in [5.74, 6) is -2.13. The molecule has 1 N–H and O–H groups in total. The van der Waals surface area contributed by atoms with Crippen LogP contribution in [0.4, 0.5) is 15.8 Å². The lowest BCUT2D eigenvalue weighted by atomic mass is 9.94. The fraction of sp³-hybridized carbons (Fsp3) is 0.214. The van der Waals surface area contributed by atoms with Crippen molar-refractivity contribution in [2.45, 2.75) is 18.9 Å². The molecule has 1 amide bonds. The van der Waals surface area contributed by atoms with E-state index in [0.29, 0.717) is 21.5 Å². The van der Waals surface area contributed by atoms with E-state index < -0.39 is 23.5 Å². The van der Waals surface area contributed by atoms with Gasteiger partial charge in [0.1, 0.15) is 17.3 Å². The van der Waals surface area contributed by atoms with Gasteiger partial charge in [0.25, 0.3) is 11.7 Å². The van der Waals surface area contributed by atoms with Gasteiger partial charge in [0.15, 0.2) is 0 Å². The van der Waals surface area contributed by atoms with Gasteiger partial charge in [-0.2, -0.15) is 0 Å². The minimum absolute atomic E-state index is 0.120. The van der Waals surface area contributed by atoms with E-state index in [9.17, 15) is 14.7 Å². The van der Waals surface area contributed by atoms with Crippen molar-refractivity contribution in [3.8, 4) is 5.75 Å². The summed E-state index contributed by atoms with van der Waals surface area (Å²) < 4.78 is 20.9.